The normalized spacial score (nSPS) is 31.6. The van der Waals surface area contributed by atoms with Gasteiger partial charge >= 0.3 is 0 Å². The summed E-state index contributed by atoms with van der Waals surface area (Å²) in [5.74, 6) is 1.05. The van der Waals surface area contributed by atoms with Gasteiger partial charge in [-0.25, -0.2) is 0 Å². The van der Waals surface area contributed by atoms with Gasteiger partial charge < -0.3 is 0 Å². The second-order valence-corrected chi connectivity index (χ2v) is 5.03. The van der Waals surface area contributed by atoms with Crippen LogP contribution >= 0.6 is 0 Å². The average molecular weight is 167 g/mol. The predicted octanol–water partition coefficient (Wildman–Crippen LogP) is 2.95. The minimum atomic E-state index is 0.239. The first-order valence-electron chi connectivity index (χ1n) is 4.91. The zero-order valence-corrected chi connectivity index (χ0v) is 8.39. The molecule has 12 heavy (non-hydrogen) atoms. The van der Waals surface area contributed by atoms with Crippen LogP contribution in [0.3, 0.4) is 0 Å². The van der Waals surface area contributed by atoms with E-state index >= 15 is 0 Å². The van der Waals surface area contributed by atoms with Crippen molar-refractivity contribution in [2.45, 2.75) is 46.5 Å². The van der Waals surface area contributed by atoms with E-state index in [-0.39, 0.29) is 5.92 Å². The highest BCUT2D eigenvalue weighted by atomic mass is 16.1. The van der Waals surface area contributed by atoms with E-state index in [0.717, 1.165) is 18.8 Å². The maximum absolute atomic E-state index is 10.4. The molecule has 0 aromatic heterocycles. The van der Waals surface area contributed by atoms with Crippen LogP contribution in [-0.4, -0.2) is 6.29 Å². The van der Waals surface area contributed by atoms with E-state index in [0.29, 0.717) is 5.41 Å². The highest BCUT2D eigenvalue weighted by Gasteiger charge is 2.29. The second-order valence-electron chi connectivity index (χ2n) is 5.03. The summed E-state index contributed by atoms with van der Waals surface area (Å²) < 4.78 is 0. The SMILES string of the molecule is CC(C)(C)[C@H]1CC[C@@H]([C]=O)CC1. The summed E-state index contributed by atoms with van der Waals surface area (Å²) in [4.78, 5) is 10.4. The van der Waals surface area contributed by atoms with Crippen molar-refractivity contribution in [3.05, 3.63) is 0 Å². The molecule has 0 bridgehead atoms. The van der Waals surface area contributed by atoms with Gasteiger partial charge in [0.2, 0.25) is 6.29 Å². The lowest BCUT2D eigenvalue weighted by atomic mass is 9.70. The Morgan fingerprint density at radius 2 is 1.58 bits per heavy atom. The largest absolute Gasteiger partial charge is 0.291 e. The Labute approximate surface area is 75.5 Å². The van der Waals surface area contributed by atoms with E-state index in [9.17, 15) is 4.79 Å². The average Bonchev–Trinajstić information content (AvgIpc) is 2.03. The smallest absolute Gasteiger partial charge is 0.201 e. The van der Waals surface area contributed by atoms with Gasteiger partial charge in [-0.05, 0) is 37.0 Å². The summed E-state index contributed by atoms with van der Waals surface area (Å²) >= 11 is 0. The van der Waals surface area contributed by atoms with E-state index in [1.54, 1.807) is 0 Å². The lowest BCUT2D eigenvalue weighted by Gasteiger charge is -2.35. The van der Waals surface area contributed by atoms with E-state index in [2.05, 4.69) is 27.1 Å². The van der Waals surface area contributed by atoms with Gasteiger partial charge in [-0.15, -0.1) is 0 Å². The van der Waals surface area contributed by atoms with Gasteiger partial charge in [-0.1, -0.05) is 20.8 Å². The topological polar surface area (TPSA) is 17.1 Å². The van der Waals surface area contributed by atoms with Crippen molar-refractivity contribution in [2.75, 3.05) is 0 Å². The molecule has 0 atom stereocenters. The Morgan fingerprint density at radius 3 is 1.92 bits per heavy atom. The van der Waals surface area contributed by atoms with Crippen molar-refractivity contribution in [2.24, 2.45) is 17.3 Å². The maximum atomic E-state index is 10.4. The molecule has 1 saturated carbocycles. The molecule has 0 N–H and O–H groups in total. The first-order chi connectivity index (χ1) is 5.54. The number of hydrogen-bond acceptors (Lipinski definition) is 1. The van der Waals surface area contributed by atoms with Crippen LogP contribution in [0, 0.1) is 17.3 Å². The van der Waals surface area contributed by atoms with Gasteiger partial charge in [0.15, 0.2) is 0 Å². The molecule has 0 saturated heterocycles. The molecule has 1 aliphatic carbocycles. The third-order valence-corrected chi connectivity index (χ3v) is 3.12. The minimum absolute atomic E-state index is 0.239. The van der Waals surface area contributed by atoms with Crippen molar-refractivity contribution in [1.82, 2.24) is 0 Å². The number of rotatable bonds is 1. The van der Waals surface area contributed by atoms with Gasteiger partial charge in [0, 0.05) is 5.92 Å². The molecule has 1 fully saturated rings. The van der Waals surface area contributed by atoms with Gasteiger partial charge in [-0.3, -0.25) is 4.79 Å². The van der Waals surface area contributed by atoms with Crippen molar-refractivity contribution in [3.63, 3.8) is 0 Å². The molecule has 1 rings (SSSR count). The van der Waals surface area contributed by atoms with Crippen molar-refractivity contribution in [1.29, 1.82) is 0 Å². The van der Waals surface area contributed by atoms with Gasteiger partial charge in [0.1, 0.15) is 0 Å². The van der Waals surface area contributed by atoms with Crippen LogP contribution in [0.2, 0.25) is 0 Å². The monoisotopic (exact) mass is 167 g/mol. The maximum Gasteiger partial charge on any atom is 0.201 e. The molecule has 1 radical (unpaired) electrons. The van der Waals surface area contributed by atoms with Crippen LogP contribution in [0.4, 0.5) is 0 Å². The van der Waals surface area contributed by atoms with Gasteiger partial charge in [0.05, 0.1) is 0 Å². The third-order valence-electron chi connectivity index (χ3n) is 3.12. The van der Waals surface area contributed by atoms with Crippen molar-refractivity contribution >= 4 is 6.29 Å². The Kier molecular flexibility index (Phi) is 2.92. The second kappa shape index (κ2) is 3.59. The van der Waals surface area contributed by atoms with Gasteiger partial charge in [-0.2, -0.15) is 0 Å². The number of carbonyl (C=O) groups excluding carboxylic acids is 1. The van der Waals surface area contributed by atoms with E-state index in [1.807, 2.05) is 0 Å². The quantitative estimate of drug-likeness (QED) is 0.587. The number of hydrogen-bond donors (Lipinski definition) is 0. The standard InChI is InChI=1S/C11H19O/c1-11(2,3)10-6-4-9(8-12)5-7-10/h9-10H,4-7H2,1-3H3/t9-,10+. The molecule has 1 aliphatic rings. The Hall–Kier alpha value is -0.330. The lowest BCUT2D eigenvalue weighted by molar-refractivity contribution is 0.166. The zero-order valence-electron chi connectivity index (χ0n) is 8.39. The fourth-order valence-electron chi connectivity index (χ4n) is 2.08. The van der Waals surface area contributed by atoms with Crippen molar-refractivity contribution < 1.29 is 4.79 Å². The fourth-order valence-corrected chi connectivity index (χ4v) is 2.08. The molecule has 0 spiro atoms. The highest BCUT2D eigenvalue weighted by Crippen LogP contribution is 2.39. The molecule has 0 aromatic rings. The highest BCUT2D eigenvalue weighted by molar-refractivity contribution is 5.54. The van der Waals surface area contributed by atoms with Crippen LogP contribution in [0.5, 0.6) is 0 Å². The Balaban J connectivity index is 2.41. The third kappa shape index (κ3) is 2.33. The molecule has 0 amide bonds. The van der Waals surface area contributed by atoms with Crippen LogP contribution in [0.25, 0.3) is 0 Å². The molecule has 0 unspecified atom stereocenters. The summed E-state index contributed by atoms with van der Waals surface area (Å²) in [6, 6.07) is 0. The fraction of sp³-hybridized carbons (Fsp3) is 0.909. The minimum Gasteiger partial charge on any atom is -0.291 e. The summed E-state index contributed by atoms with van der Waals surface area (Å²) in [6.45, 7) is 6.88. The molecule has 1 heteroatoms. The van der Waals surface area contributed by atoms with Crippen LogP contribution in [-0.2, 0) is 4.79 Å². The van der Waals surface area contributed by atoms with E-state index in [4.69, 9.17) is 0 Å². The predicted molar refractivity (Wildman–Crippen MR) is 50.6 cm³/mol. The molecule has 0 aliphatic heterocycles. The summed E-state index contributed by atoms with van der Waals surface area (Å²) in [5, 5.41) is 0. The zero-order chi connectivity index (χ0) is 9.19. The molecule has 0 aromatic carbocycles. The molecular weight excluding hydrogens is 148 g/mol. The summed E-state index contributed by atoms with van der Waals surface area (Å²) in [6.07, 6.45) is 6.67. The Morgan fingerprint density at radius 1 is 1.08 bits per heavy atom. The summed E-state index contributed by atoms with van der Waals surface area (Å²) in [7, 11) is 0. The first kappa shape index (κ1) is 9.76. The molecule has 69 valence electrons. The van der Waals surface area contributed by atoms with E-state index in [1.165, 1.54) is 12.8 Å². The van der Waals surface area contributed by atoms with E-state index < -0.39 is 0 Å². The summed E-state index contributed by atoms with van der Waals surface area (Å²) in [5.41, 5.74) is 0.424. The van der Waals surface area contributed by atoms with Crippen LogP contribution in [0.15, 0.2) is 0 Å². The first-order valence-corrected chi connectivity index (χ1v) is 4.91. The molecule has 0 heterocycles. The molecular formula is C11H19O. The lowest BCUT2D eigenvalue weighted by Crippen LogP contribution is -2.26. The van der Waals surface area contributed by atoms with Gasteiger partial charge in [0.25, 0.3) is 0 Å². The molecule has 1 nitrogen and oxygen atoms in total. The van der Waals surface area contributed by atoms with Crippen LogP contribution < -0.4 is 0 Å². The van der Waals surface area contributed by atoms with Crippen LogP contribution in [0.1, 0.15) is 46.5 Å². The Bertz CT molecular complexity index is 147. The van der Waals surface area contributed by atoms with Crippen molar-refractivity contribution in [3.8, 4) is 0 Å².